The molecule has 1 amide bonds. The largest absolute Gasteiger partial charge is 0.362 e. The van der Waals surface area contributed by atoms with Crippen LogP contribution in [0.3, 0.4) is 0 Å². The van der Waals surface area contributed by atoms with Crippen molar-refractivity contribution < 1.29 is 4.79 Å². The van der Waals surface area contributed by atoms with Gasteiger partial charge in [0.2, 0.25) is 5.95 Å². The summed E-state index contributed by atoms with van der Waals surface area (Å²) in [6.45, 7) is 3.92. The van der Waals surface area contributed by atoms with E-state index in [1.54, 1.807) is 12.1 Å². The zero-order valence-electron chi connectivity index (χ0n) is 16.9. The fraction of sp³-hybridized carbons (Fsp3) is 0.476. The Morgan fingerprint density at radius 2 is 1.79 bits per heavy atom. The maximum absolute atomic E-state index is 12.5. The van der Waals surface area contributed by atoms with Crippen LogP contribution in [0.5, 0.6) is 0 Å². The minimum absolute atomic E-state index is 0.0336. The van der Waals surface area contributed by atoms with Crippen LogP contribution < -0.4 is 15.5 Å². The second-order valence-corrected chi connectivity index (χ2v) is 8.13. The van der Waals surface area contributed by atoms with E-state index in [0.717, 1.165) is 42.6 Å². The molecule has 0 aliphatic heterocycles. The SMILES string of the molecule is Cc1cc(C(=O)N[C@H]2CC[C@@H](Nc3ncc(C)c(N(C)C)n3)CC2)ccc1Cl. The molecule has 7 heteroatoms. The molecule has 3 rings (SSSR count). The van der Waals surface area contributed by atoms with E-state index in [4.69, 9.17) is 11.6 Å². The molecule has 1 aliphatic rings. The molecule has 0 atom stereocenters. The number of aryl methyl sites for hydroxylation is 2. The summed E-state index contributed by atoms with van der Waals surface area (Å²) >= 11 is 6.04. The van der Waals surface area contributed by atoms with E-state index in [1.165, 1.54) is 0 Å². The molecule has 2 N–H and O–H groups in total. The van der Waals surface area contributed by atoms with Crippen LogP contribution in [-0.2, 0) is 0 Å². The van der Waals surface area contributed by atoms with Crippen LogP contribution in [0.15, 0.2) is 24.4 Å². The van der Waals surface area contributed by atoms with Crippen LogP contribution in [0.25, 0.3) is 0 Å². The molecule has 1 aromatic heterocycles. The van der Waals surface area contributed by atoms with Gasteiger partial charge in [-0.2, -0.15) is 4.98 Å². The number of rotatable bonds is 5. The number of halogens is 1. The van der Waals surface area contributed by atoms with Crippen LogP contribution in [0.4, 0.5) is 11.8 Å². The molecule has 0 bridgehead atoms. The van der Waals surface area contributed by atoms with Crippen molar-refractivity contribution in [2.75, 3.05) is 24.3 Å². The van der Waals surface area contributed by atoms with Gasteiger partial charge in [-0.05, 0) is 63.3 Å². The van der Waals surface area contributed by atoms with Crippen LogP contribution in [0.1, 0.15) is 47.2 Å². The van der Waals surface area contributed by atoms with E-state index in [-0.39, 0.29) is 11.9 Å². The van der Waals surface area contributed by atoms with Gasteiger partial charge in [0.1, 0.15) is 5.82 Å². The monoisotopic (exact) mass is 401 g/mol. The Hall–Kier alpha value is -2.34. The number of benzene rings is 1. The molecule has 0 saturated heterocycles. The molecule has 1 aliphatic carbocycles. The smallest absolute Gasteiger partial charge is 0.251 e. The lowest BCUT2D eigenvalue weighted by Crippen LogP contribution is -2.40. The van der Waals surface area contributed by atoms with Crippen LogP contribution in [0.2, 0.25) is 5.02 Å². The first-order valence-corrected chi connectivity index (χ1v) is 10.1. The molecule has 6 nitrogen and oxygen atoms in total. The Kier molecular flexibility index (Phi) is 6.39. The Morgan fingerprint density at radius 1 is 1.11 bits per heavy atom. The van der Waals surface area contributed by atoms with Gasteiger partial charge in [-0.15, -0.1) is 0 Å². The average Bonchev–Trinajstić information content (AvgIpc) is 2.66. The summed E-state index contributed by atoms with van der Waals surface area (Å²) in [7, 11) is 3.96. The highest BCUT2D eigenvalue weighted by atomic mass is 35.5. The summed E-state index contributed by atoms with van der Waals surface area (Å²) in [6.07, 6.45) is 5.66. The quantitative estimate of drug-likeness (QED) is 0.793. The van der Waals surface area contributed by atoms with Gasteiger partial charge >= 0.3 is 0 Å². The average molecular weight is 402 g/mol. The van der Waals surface area contributed by atoms with Gasteiger partial charge in [-0.1, -0.05) is 11.6 Å². The van der Waals surface area contributed by atoms with Crippen molar-refractivity contribution in [3.63, 3.8) is 0 Å². The lowest BCUT2D eigenvalue weighted by atomic mass is 9.91. The Morgan fingerprint density at radius 3 is 2.43 bits per heavy atom. The van der Waals surface area contributed by atoms with Gasteiger partial charge in [0.05, 0.1) is 0 Å². The second-order valence-electron chi connectivity index (χ2n) is 7.72. The molecular formula is C21H28ClN5O. The van der Waals surface area contributed by atoms with Gasteiger partial charge in [0.25, 0.3) is 5.91 Å². The van der Waals surface area contributed by atoms with E-state index in [2.05, 4.69) is 20.6 Å². The van der Waals surface area contributed by atoms with Crippen LogP contribution >= 0.6 is 11.6 Å². The van der Waals surface area contributed by atoms with Crippen molar-refractivity contribution in [1.82, 2.24) is 15.3 Å². The van der Waals surface area contributed by atoms with Gasteiger partial charge in [-0.3, -0.25) is 4.79 Å². The number of carbonyl (C=O) groups is 1. The Labute approximate surface area is 171 Å². The predicted molar refractivity (Wildman–Crippen MR) is 114 cm³/mol. The number of amides is 1. The maximum Gasteiger partial charge on any atom is 0.251 e. The Bertz CT molecular complexity index is 847. The standard InChI is InChI=1S/C21H28ClN5O/c1-13-11-15(5-10-18(13)22)20(28)24-16-6-8-17(9-7-16)25-21-23-12-14(2)19(26-21)27(3)4/h5,10-12,16-17H,6-9H2,1-4H3,(H,24,28)(H,23,25,26)/t16-,17+. The number of hydrogen-bond acceptors (Lipinski definition) is 5. The molecule has 0 radical (unpaired) electrons. The van der Waals surface area contributed by atoms with Crippen molar-refractivity contribution in [1.29, 1.82) is 0 Å². The van der Waals surface area contributed by atoms with Crippen molar-refractivity contribution in [3.8, 4) is 0 Å². The molecule has 1 heterocycles. The topological polar surface area (TPSA) is 70.2 Å². The van der Waals surface area contributed by atoms with Gasteiger partial charge in [-0.25, -0.2) is 4.98 Å². The highest BCUT2D eigenvalue weighted by Gasteiger charge is 2.23. The first-order valence-electron chi connectivity index (χ1n) is 9.68. The number of nitrogens with zero attached hydrogens (tertiary/aromatic N) is 3. The summed E-state index contributed by atoms with van der Waals surface area (Å²) in [5, 5.41) is 7.28. The molecular weight excluding hydrogens is 374 g/mol. The molecule has 150 valence electrons. The summed E-state index contributed by atoms with van der Waals surface area (Å²) in [5.74, 6) is 1.56. The van der Waals surface area contributed by atoms with Crippen molar-refractivity contribution in [2.24, 2.45) is 0 Å². The minimum Gasteiger partial charge on any atom is -0.362 e. The second kappa shape index (κ2) is 8.78. The normalized spacial score (nSPS) is 19.2. The number of carbonyl (C=O) groups excluding carboxylic acids is 1. The Balaban J connectivity index is 1.52. The molecule has 0 spiro atoms. The highest BCUT2D eigenvalue weighted by Crippen LogP contribution is 2.23. The first kappa shape index (κ1) is 20.4. The van der Waals surface area contributed by atoms with Crippen molar-refractivity contribution in [2.45, 2.75) is 51.6 Å². The van der Waals surface area contributed by atoms with Gasteiger partial charge in [0.15, 0.2) is 0 Å². The van der Waals surface area contributed by atoms with Crippen LogP contribution in [-0.4, -0.2) is 42.1 Å². The van der Waals surface area contributed by atoms with Crippen molar-refractivity contribution >= 4 is 29.3 Å². The lowest BCUT2D eigenvalue weighted by Gasteiger charge is -2.30. The summed E-state index contributed by atoms with van der Waals surface area (Å²) < 4.78 is 0. The summed E-state index contributed by atoms with van der Waals surface area (Å²) in [6, 6.07) is 5.90. The highest BCUT2D eigenvalue weighted by molar-refractivity contribution is 6.31. The number of hydrogen-bond donors (Lipinski definition) is 2. The lowest BCUT2D eigenvalue weighted by molar-refractivity contribution is 0.0926. The fourth-order valence-corrected chi connectivity index (χ4v) is 3.69. The van der Waals surface area contributed by atoms with Gasteiger partial charge in [0, 0.05) is 48.5 Å². The number of anilines is 2. The minimum atomic E-state index is -0.0336. The first-order chi connectivity index (χ1) is 13.3. The van der Waals surface area contributed by atoms with Crippen LogP contribution in [0, 0.1) is 13.8 Å². The predicted octanol–water partition coefficient (Wildman–Crippen LogP) is 3.97. The van der Waals surface area contributed by atoms with E-state index in [1.807, 2.05) is 45.1 Å². The van der Waals surface area contributed by atoms with Crippen molar-refractivity contribution in [3.05, 3.63) is 46.1 Å². The molecule has 28 heavy (non-hydrogen) atoms. The maximum atomic E-state index is 12.5. The van der Waals surface area contributed by atoms with E-state index in [9.17, 15) is 4.79 Å². The van der Waals surface area contributed by atoms with E-state index < -0.39 is 0 Å². The molecule has 0 unspecified atom stereocenters. The molecule has 2 aromatic rings. The number of nitrogens with one attached hydrogen (secondary N) is 2. The molecule has 1 fully saturated rings. The van der Waals surface area contributed by atoms with Gasteiger partial charge < -0.3 is 15.5 Å². The van der Waals surface area contributed by atoms with E-state index >= 15 is 0 Å². The summed E-state index contributed by atoms with van der Waals surface area (Å²) in [4.78, 5) is 23.5. The zero-order chi connectivity index (χ0) is 20.3. The fourth-order valence-electron chi connectivity index (χ4n) is 3.57. The van der Waals surface area contributed by atoms with E-state index in [0.29, 0.717) is 22.6 Å². The molecule has 1 saturated carbocycles. The zero-order valence-corrected chi connectivity index (χ0v) is 17.7. The summed E-state index contributed by atoms with van der Waals surface area (Å²) in [5.41, 5.74) is 2.63. The number of aromatic nitrogens is 2. The molecule has 1 aromatic carbocycles. The third-order valence-electron chi connectivity index (χ3n) is 5.18. The third kappa shape index (κ3) is 4.93. The third-order valence-corrected chi connectivity index (χ3v) is 5.61.